The molecule has 0 N–H and O–H groups in total. The van der Waals surface area contributed by atoms with Gasteiger partial charge in [-0.1, -0.05) is 6.07 Å². The molecule has 0 spiro atoms. The second-order valence-electron chi connectivity index (χ2n) is 7.30. The van der Waals surface area contributed by atoms with Gasteiger partial charge in [-0.2, -0.15) is 0 Å². The standard InChI is InChI=1S/C19H23FN6O4/c20-15-2-1-3-16(12-15)23-6-8-24(9-7-23)18(27)14-22-4-5-25-13-17(26(28)29)21-19(25)30-11-10-22/h1-3,12-13H,4-11,14H2. The number of anilines is 1. The fraction of sp³-hybridized carbons (Fsp3) is 0.474. The lowest BCUT2D eigenvalue weighted by molar-refractivity contribution is -0.389. The van der Waals surface area contributed by atoms with E-state index in [9.17, 15) is 19.3 Å². The number of ether oxygens (including phenoxy) is 1. The fourth-order valence-electron chi connectivity index (χ4n) is 3.71. The van der Waals surface area contributed by atoms with E-state index < -0.39 is 4.92 Å². The van der Waals surface area contributed by atoms with Crippen LogP contribution in [-0.4, -0.2) is 82.6 Å². The smallest absolute Gasteiger partial charge is 0.414 e. The third-order valence-electron chi connectivity index (χ3n) is 5.37. The molecule has 0 aliphatic carbocycles. The lowest BCUT2D eigenvalue weighted by Gasteiger charge is -2.37. The van der Waals surface area contributed by atoms with Crippen LogP contribution in [0.3, 0.4) is 0 Å². The monoisotopic (exact) mass is 418 g/mol. The number of halogens is 1. The number of imidazole rings is 1. The molecule has 1 aromatic heterocycles. The molecule has 2 aliphatic heterocycles. The molecule has 30 heavy (non-hydrogen) atoms. The summed E-state index contributed by atoms with van der Waals surface area (Å²) in [6.07, 6.45) is 1.35. The van der Waals surface area contributed by atoms with E-state index in [4.69, 9.17) is 4.74 Å². The first kappa shape index (κ1) is 20.1. The van der Waals surface area contributed by atoms with Gasteiger partial charge in [-0.25, -0.2) is 4.39 Å². The topological polar surface area (TPSA) is 97.0 Å². The molecule has 1 amide bonds. The molecule has 0 radical (unpaired) electrons. The molecule has 11 heteroatoms. The molecule has 2 aromatic rings. The van der Waals surface area contributed by atoms with Crippen molar-refractivity contribution in [2.75, 3.05) is 57.3 Å². The Balaban J connectivity index is 1.29. The zero-order valence-electron chi connectivity index (χ0n) is 16.4. The van der Waals surface area contributed by atoms with Crippen molar-refractivity contribution in [2.45, 2.75) is 6.54 Å². The highest BCUT2D eigenvalue weighted by Gasteiger charge is 2.26. The molecule has 2 aliphatic rings. The summed E-state index contributed by atoms with van der Waals surface area (Å²) in [6, 6.07) is 6.72. The van der Waals surface area contributed by atoms with Crippen molar-refractivity contribution in [2.24, 2.45) is 0 Å². The minimum absolute atomic E-state index is 0.0336. The highest BCUT2D eigenvalue weighted by atomic mass is 19.1. The van der Waals surface area contributed by atoms with E-state index in [0.29, 0.717) is 52.4 Å². The highest BCUT2D eigenvalue weighted by Crippen LogP contribution is 2.20. The minimum Gasteiger partial charge on any atom is -0.444 e. The van der Waals surface area contributed by atoms with Crippen LogP contribution < -0.4 is 9.64 Å². The molecule has 0 saturated carbocycles. The van der Waals surface area contributed by atoms with Gasteiger partial charge in [-0.3, -0.25) is 14.3 Å². The Labute approximate surface area is 172 Å². The van der Waals surface area contributed by atoms with E-state index in [1.807, 2.05) is 15.9 Å². The Bertz CT molecular complexity index is 927. The minimum atomic E-state index is -0.550. The largest absolute Gasteiger partial charge is 0.444 e. The summed E-state index contributed by atoms with van der Waals surface area (Å²) < 4.78 is 20.6. The first-order valence-electron chi connectivity index (χ1n) is 9.84. The average molecular weight is 418 g/mol. The lowest BCUT2D eigenvalue weighted by Crippen LogP contribution is -2.52. The molecule has 1 fully saturated rings. The zero-order chi connectivity index (χ0) is 21.1. The number of hydrogen-bond donors (Lipinski definition) is 0. The first-order valence-corrected chi connectivity index (χ1v) is 9.84. The Morgan fingerprint density at radius 1 is 1.17 bits per heavy atom. The van der Waals surface area contributed by atoms with Crippen molar-refractivity contribution >= 4 is 17.4 Å². The number of nitrogens with zero attached hydrogens (tertiary/aromatic N) is 6. The van der Waals surface area contributed by atoms with Gasteiger partial charge in [0, 0.05) is 56.5 Å². The molecular weight excluding hydrogens is 395 g/mol. The molecule has 4 rings (SSSR count). The van der Waals surface area contributed by atoms with Gasteiger partial charge < -0.3 is 24.7 Å². The van der Waals surface area contributed by atoms with Gasteiger partial charge in [0.1, 0.15) is 18.6 Å². The van der Waals surface area contributed by atoms with E-state index in [0.717, 1.165) is 5.69 Å². The lowest BCUT2D eigenvalue weighted by atomic mass is 10.2. The summed E-state index contributed by atoms with van der Waals surface area (Å²) in [6.45, 7) is 4.59. The summed E-state index contributed by atoms with van der Waals surface area (Å²) in [7, 11) is 0. The number of aromatic nitrogens is 2. The summed E-state index contributed by atoms with van der Waals surface area (Å²) in [5.41, 5.74) is 0.827. The number of nitro groups is 1. The maximum atomic E-state index is 13.4. The van der Waals surface area contributed by atoms with Crippen molar-refractivity contribution in [1.82, 2.24) is 19.4 Å². The SMILES string of the molecule is O=C(CN1CCOc2nc([N+](=O)[O-])cn2CC1)N1CCN(c2cccc(F)c2)CC1. The number of carbonyl (C=O) groups is 1. The number of rotatable bonds is 4. The quantitative estimate of drug-likeness (QED) is 0.539. The molecule has 1 saturated heterocycles. The predicted molar refractivity (Wildman–Crippen MR) is 106 cm³/mol. The first-order chi connectivity index (χ1) is 14.5. The third-order valence-corrected chi connectivity index (χ3v) is 5.37. The molecule has 3 heterocycles. The Morgan fingerprint density at radius 2 is 1.97 bits per heavy atom. The van der Waals surface area contributed by atoms with E-state index >= 15 is 0 Å². The predicted octanol–water partition coefficient (Wildman–Crippen LogP) is 0.974. The Morgan fingerprint density at radius 3 is 2.70 bits per heavy atom. The van der Waals surface area contributed by atoms with Crippen LogP contribution in [-0.2, 0) is 11.3 Å². The van der Waals surface area contributed by atoms with Crippen molar-refractivity contribution in [3.05, 3.63) is 46.4 Å². The molecule has 160 valence electrons. The van der Waals surface area contributed by atoms with Crippen LogP contribution in [0.15, 0.2) is 30.5 Å². The number of carbonyl (C=O) groups excluding carboxylic acids is 1. The molecule has 1 aromatic carbocycles. The van der Waals surface area contributed by atoms with Crippen LogP contribution in [0.2, 0.25) is 0 Å². The van der Waals surface area contributed by atoms with Crippen LogP contribution in [0, 0.1) is 15.9 Å². The van der Waals surface area contributed by atoms with Crippen LogP contribution >= 0.6 is 0 Å². The van der Waals surface area contributed by atoms with Gasteiger partial charge in [0.25, 0.3) is 0 Å². The second kappa shape index (κ2) is 8.66. The van der Waals surface area contributed by atoms with Gasteiger partial charge in [-0.15, -0.1) is 0 Å². The third kappa shape index (κ3) is 4.51. The van der Waals surface area contributed by atoms with Crippen LogP contribution in [0.5, 0.6) is 6.01 Å². The normalized spacial score (nSPS) is 17.6. The zero-order valence-corrected chi connectivity index (χ0v) is 16.4. The van der Waals surface area contributed by atoms with Crippen LogP contribution in [0.1, 0.15) is 0 Å². The van der Waals surface area contributed by atoms with Crippen molar-refractivity contribution < 1.29 is 18.8 Å². The van der Waals surface area contributed by atoms with Gasteiger partial charge in [-0.05, 0) is 23.1 Å². The fourth-order valence-corrected chi connectivity index (χ4v) is 3.71. The number of piperazine rings is 1. The number of fused-ring (bicyclic) bond motifs is 1. The van der Waals surface area contributed by atoms with Crippen LogP contribution in [0.4, 0.5) is 15.9 Å². The van der Waals surface area contributed by atoms with E-state index in [-0.39, 0.29) is 30.1 Å². The number of benzene rings is 1. The highest BCUT2D eigenvalue weighted by molar-refractivity contribution is 5.78. The van der Waals surface area contributed by atoms with Crippen LogP contribution in [0.25, 0.3) is 0 Å². The van der Waals surface area contributed by atoms with E-state index in [2.05, 4.69) is 9.88 Å². The molecule has 0 bridgehead atoms. The Hall–Kier alpha value is -3.21. The summed E-state index contributed by atoms with van der Waals surface area (Å²) >= 11 is 0. The molecule has 0 unspecified atom stereocenters. The van der Waals surface area contributed by atoms with Crippen molar-refractivity contribution in [1.29, 1.82) is 0 Å². The maximum absolute atomic E-state index is 13.4. The van der Waals surface area contributed by atoms with Crippen molar-refractivity contribution in [3.8, 4) is 6.01 Å². The van der Waals surface area contributed by atoms with Gasteiger partial charge in [0.05, 0.1) is 6.54 Å². The summed E-state index contributed by atoms with van der Waals surface area (Å²) in [5, 5.41) is 10.9. The molecule has 0 atom stereocenters. The maximum Gasteiger partial charge on any atom is 0.414 e. The average Bonchev–Trinajstić information content (AvgIpc) is 3.13. The summed E-state index contributed by atoms with van der Waals surface area (Å²) in [4.78, 5) is 32.9. The van der Waals surface area contributed by atoms with Gasteiger partial charge in [0.2, 0.25) is 5.91 Å². The summed E-state index contributed by atoms with van der Waals surface area (Å²) in [5.74, 6) is -0.478. The molecule has 10 nitrogen and oxygen atoms in total. The number of hydrogen-bond acceptors (Lipinski definition) is 7. The van der Waals surface area contributed by atoms with Crippen molar-refractivity contribution in [3.63, 3.8) is 0 Å². The second-order valence-corrected chi connectivity index (χ2v) is 7.30. The molecular formula is C19H23FN6O4. The van der Waals surface area contributed by atoms with Gasteiger partial charge in [0.15, 0.2) is 0 Å². The number of amides is 1. The van der Waals surface area contributed by atoms with E-state index in [1.165, 1.54) is 18.3 Å². The van der Waals surface area contributed by atoms with Gasteiger partial charge >= 0.3 is 11.8 Å². The Kier molecular flexibility index (Phi) is 5.79. The van der Waals surface area contributed by atoms with E-state index in [1.54, 1.807) is 10.6 Å².